The minimum atomic E-state index is -0.00785. The molecule has 11 nitrogen and oxygen atoms in total. The quantitative estimate of drug-likeness (QED) is 0.415. The first-order chi connectivity index (χ1) is 18.4. The molecule has 0 radical (unpaired) electrons. The fourth-order valence-corrected chi connectivity index (χ4v) is 4.79. The summed E-state index contributed by atoms with van der Waals surface area (Å²) >= 11 is 0. The van der Waals surface area contributed by atoms with Crippen molar-refractivity contribution in [3.63, 3.8) is 0 Å². The molecule has 0 aliphatic carbocycles. The number of amides is 1. The van der Waals surface area contributed by atoms with Crippen molar-refractivity contribution < 1.29 is 18.8 Å². The summed E-state index contributed by atoms with van der Waals surface area (Å²) in [4.78, 5) is 32.1. The highest BCUT2D eigenvalue weighted by Crippen LogP contribution is 2.35. The van der Waals surface area contributed by atoms with E-state index < -0.39 is 0 Å². The number of nitrogens with zero attached hydrogens (tertiary/aromatic N) is 7. The number of ether oxygens (including phenoxy) is 2. The Kier molecular flexibility index (Phi) is 7.73. The molecule has 3 aromatic rings. The van der Waals surface area contributed by atoms with Crippen LogP contribution in [0.25, 0.3) is 0 Å². The molecule has 1 aromatic carbocycles. The summed E-state index contributed by atoms with van der Waals surface area (Å²) in [5, 5.41) is 4.07. The van der Waals surface area contributed by atoms with E-state index in [4.69, 9.17) is 14.0 Å². The third-order valence-corrected chi connectivity index (χ3v) is 7.05. The fourth-order valence-electron chi connectivity index (χ4n) is 4.79. The van der Waals surface area contributed by atoms with Gasteiger partial charge in [0.2, 0.25) is 5.88 Å². The standard InChI is InChI=1S/C27H35N7O4/c1-18(2)25-30-27(38-31-25)33-10-8-21(9-11-33)37-24-16-23(28-17-29-24)34-12-7-19-15-20(5-6-22(19)34)26(35)32(3)13-14-36-4/h5-6,15-18,21H,7-14H2,1-4H3. The van der Waals surface area contributed by atoms with Crippen LogP contribution in [0, 0.1) is 0 Å². The third kappa shape index (κ3) is 5.57. The van der Waals surface area contributed by atoms with Crippen LogP contribution in [0.3, 0.4) is 0 Å². The lowest BCUT2D eigenvalue weighted by Crippen LogP contribution is -2.38. The normalized spacial score (nSPS) is 15.7. The van der Waals surface area contributed by atoms with Crippen LogP contribution in [0.15, 0.2) is 35.1 Å². The second kappa shape index (κ2) is 11.3. The van der Waals surface area contributed by atoms with Crippen molar-refractivity contribution >= 4 is 23.4 Å². The van der Waals surface area contributed by atoms with Crippen LogP contribution in [0.2, 0.25) is 0 Å². The number of benzene rings is 1. The summed E-state index contributed by atoms with van der Waals surface area (Å²) in [5.74, 6) is 2.31. The van der Waals surface area contributed by atoms with Crippen LogP contribution in [-0.2, 0) is 11.2 Å². The first kappa shape index (κ1) is 25.9. The maximum Gasteiger partial charge on any atom is 0.324 e. The highest BCUT2D eigenvalue weighted by molar-refractivity contribution is 5.95. The van der Waals surface area contributed by atoms with Gasteiger partial charge in [0.05, 0.1) is 6.61 Å². The number of piperidine rings is 1. The molecule has 0 atom stereocenters. The highest BCUT2D eigenvalue weighted by Gasteiger charge is 2.27. The fraction of sp³-hybridized carbons (Fsp3) is 0.519. The Hall–Kier alpha value is -3.73. The van der Waals surface area contributed by atoms with Crippen LogP contribution >= 0.6 is 0 Å². The molecule has 2 aliphatic rings. The number of hydrogen-bond acceptors (Lipinski definition) is 10. The molecule has 0 unspecified atom stereocenters. The Morgan fingerprint density at radius 3 is 2.74 bits per heavy atom. The van der Waals surface area contributed by atoms with E-state index in [0.29, 0.717) is 30.6 Å². The van der Waals surface area contributed by atoms with Crippen LogP contribution in [-0.4, -0.2) is 84.0 Å². The van der Waals surface area contributed by atoms with Crippen LogP contribution in [0.4, 0.5) is 17.5 Å². The number of rotatable bonds is 9. The molecule has 0 saturated carbocycles. The van der Waals surface area contributed by atoms with Gasteiger partial charge in [0.15, 0.2) is 5.82 Å². The van der Waals surface area contributed by atoms with Gasteiger partial charge in [0.1, 0.15) is 18.2 Å². The second-order valence-electron chi connectivity index (χ2n) is 10.1. The van der Waals surface area contributed by atoms with Gasteiger partial charge in [-0.3, -0.25) is 4.79 Å². The molecule has 4 heterocycles. The van der Waals surface area contributed by atoms with Gasteiger partial charge >= 0.3 is 6.01 Å². The summed E-state index contributed by atoms with van der Waals surface area (Å²) in [7, 11) is 3.43. The molecule has 5 rings (SSSR count). The molecule has 11 heteroatoms. The van der Waals surface area contributed by atoms with Crippen molar-refractivity contribution in [1.82, 2.24) is 25.0 Å². The summed E-state index contributed by atoms with van der Waals surface area (Å²) in [5.41, 5.74) is 2.87. The molecular formula is C27H35N7O4. The molecule has 1 fully saturated rings. The van der Waals surface area contributed by atoms with E-state index in [-0.39, 0.29) is 17.9 Å². The lowest BCUT2D eigenvalue weighted by molar-refractivity contribution is 0.0744. The van der Waals surface area contributed by atoms with Crippen molar-refractivity contribution in [1.29, 1.82) is 0 Å². The zero-order chi connectivity index (χ0) is 26.6. The second-order valence-corrected chi connectivity index (χ2v) is 10.1. The Morgan fingerprint density at radius 2 is 2.00 bits per heavy atom. The Balaban J connectivity index is 1.21. The van der Waals surface area contributed by atoms with E-state index in [2.05, 4.69) is 29.9 Å². The zero-order valence-electron chi connectivity index (χ0n) is 22.5. The lowest BCUT2D eigenvalue weighted by atomic mass is 10.1. The maximum atomic E-state index is 12.8. The SMILES string of the molecule is COCCN(C)C(=O)c1ccc2c(c1)CCN2c1cc(OC2CCN(c3nc(C(C)C)no3)CC2)ncn1. The molecule has 0 bridgehead atoms. The van der Waals surface area contributed by atoms with E-state index in [1.54, 1.807) is 25.4 Å². The van der Waals surface area contributed by atoms with Crippen molar-refractivity contribution in [3.8, 4) is 5.88 Å². The van der Waals surface area contributed by atoms with Crippen molar-refractivity contribution in [2.24, 2.45) is 0 Å². The Morgan fingerprint density at radius 1 is 1.18 bits per heavy atom. The largest absolute Gasteiger partial charge is 0.474 e. The Bertz CT molecular complexity index is 1260. The summed E-state index contributed by atoms with van der Waals surface area (Å²) < 4.78 is 16.8. The van der Waals surface area contributed by atoms with Crippen LogP contribution in [0.1, 0.15) is 54.4 Å². The van der Waals surface area contributed by atoms with E-state index >= 15 is 0 Å². The third-order valence-electron chi connectivity index (χ3n) is 7.05. The number of aromatic nitrogens is 4. The Labute approximate surface area is 222 Å². The molecule has 2 aromatic heterocycles. The van der Waals surface area contributed by atoms with Crippen LogP contribution in [0.5, 0.6) is 5.88 Å². The minimum Gasteiger partial charge on any atom is -0.474 e. The van der Waals surface area contributed by atoms with Gasteiger partial charge < -0.3 is 28.7 Å². The number of hydrogen-bond donors (Lipinski definition) is 0. The lowest BCUT2D eigenvalue weighted by Gasteiger charge is -2.30. The first-order valence-corrected chi connectivity index (χ1v) is 13.1. The molecule has 38 heavy (non-hydrogen) atoms. The number of carbonyl (C=O) groups excluding carboxylic acids is 1. The van der Waals surface area contributed by atoms with Gasteiger partial charge in [-0.15, -0.1) is 0 Å². The molecule has 0 spiro atoms. The minimum absolute atomic E-state index is 0.00785. The zero-order valence-corrected chi connectivity index (χ0v) is 22.5. The number of carbonyl (C=O) groups is 1. The predicted molar refractivity (Wildman–Crippen MR) is 142 cm³/mol. The molecular weight excluding hydrogens is 486 g/mol. The monoisotopic (exact) mass is 521 g/mol. The van der Waals surface area contributed by atoms with Gasteiger partial charge in [-0.2, -0.15) is 4.98 Å². The molecule has 1 amide bonds. The van der Waals surface area contributed by atoms with Gasteiger partial charge in [-0.25, -0.2) is 9.97 Å². The van der Waals surface area contributed by atoms with E-state index in [0.717, 1.165) is 61.8 Å². The summed E-state index contributed by atoms with van der Waals surface area (Å²) in [6.45, 7) is 7.51. The average Bonchev–Trinajstić information content (AvgIpc) is 3.59. The van der Waals surface area contributed by atoms with Crippen molar-refractivity contribution in [3.05, 3.63) is 47.5 Å². The van der Waals surface area contributed by atoms with Crippen molar-refractivity contribution in [2.45, 2.75) is 45.1 Å². The summed E-state index contributed by atoms with van der Waals surface area (Å²) in [6, 6.07) is 8.34. The molecule has 0 N–H and O–H groups in total. The average molecular weight is 522 g/mol. The van der Waals surface area contributed by atoms with Gasteiger partial charge in [0, 0.05) is 76.4 Å². The maximum absolute atomic E-state index is 12.8. The summed E-state index contributed by atoms with van der Waals surface area (Å²) in [6.07, 6.45) is 4.11. The number of fused-ring (bicyclic) bond motifs is 1. The number of anilines is 3. The predicted octanol–water partition coefficient (Wildman–Crippen LogP) is 3.44. The molecule has 202 valence electrons. The highest BCUT2D eigenvalue weighted by atomic mass is 16.5. The van der Waals surface area contributed by atoms with E-state index in [9.17, 15) is 4.79 Å². The van der Waals surface area contributed by atoms with Crippen LogP contribution < -0.4 is 14.5 Å². The number of likely N-dealkylation sites (N-methyl/N-ethyl adjacent to an activating group) is 1. The molecule has 2 aliphatic heterocycles. The van der Waals surface area contributed by atoms with Crippen molar-refractivity contribution in [2.75, 3.05) is 56.7 Å². The van der Waals surface area contributed by atoms with Gasteiger partial charge in [-0.05, 0) is 30.2 Å². The smallest absolute Gasteiger partial charge is 0.324 e. The van der Waals surface area contributed by atoms with E-state index in [1.807, 2.05) is 38.1 Å². The molecule has 1 saturated heterocycles. The van der Waals surface area contributed by atoms with Gasteiger partial charge in [-0.1, -0.05) is 19.0 Å². The van der Waals surface area contributed by atoms with Gasteiger partial charge in [0.25, 0.3) is 5.91 Å². The number of methoxy groups -OCH3 is 1. The van der Waals surface area contributed by atoms with E-state index in [1.165, 1.54) is 0 Å². The topological polar surface area (TPSA) is 110 Å². The first-order valence-electron chi connectivity index (χ1n) is 13.1.